The van der Waals surface area contributed by atoms with Crippen molar-refractivity contribution in [3.05, 3.63) is 35.8 Å². The van der Waals surface area contributed by atoms with Crippen LogP contribution in [0.25, 0.3) is 5.65 Å². The van der Waals surface area contributed by atoms with Gasteiger partial charge in [-0.25, -0.2) is 9.78 Å². The van der Waals surface area contributed by atoms with Gasteiger partial charge in [-0.3, -0.25) is 14.1 Å². The van der Waals surface area contributed by atoms with Crippen molar-refractivity contribution in [2.75, 3.05) is 19.6 Å². The van der Waals surface area contributed by atoms with Crippen molar-refractivity contribution in [3.63, 3.8) is 0 Å². The molecule has 38 heavy (non-hydrogen) atoms. The van der Waals surface area contributed by atoms with E-state index in [1.807, 2.05) is 49.6 Å². The van der Waals surface area contributed by atoms with Crippen molar-refractivity contribution in [2.24, 2.45) is 17.8 Å². The van der Waals surface area contributed by atoms with Crippen LogP contribution in [0.2, 0.25) is 0 Å². The highest BCUT2D eigenvalue weighted by molar-refractivity contribution is 5.93. The summed E-state index contributed by atoms with van der Waals surface area (Å²) < 4.78 is 7.31. The number of carbonyl (C=O) groups is 2. The van der Waals surface area contributed by atoms with Crippen molar-refractivity contribution in [1.29, 1.82) is 0 Å². The van der Waals surface area contributed by atoms with Crippen LogP contribution in [-0.4, -0.2) is 57.6 Å². The molecule has 2 amide bonds. The number of carbonyl (C=O) groups excluding carboxylic acids is 2. The van der Waals surface area contributed by atoms with Gasteiger partial charge in [-0.1, -0.05) is 52.0 Å². The maximum Gasteiger partial charge on any atom is 0.407 e. The molecule has 2 aromatic rings. The number of hydrogen-bond acceptors (Lipinski definition) is 5. The standard InChI is InChI=1S/C30H47N5O3/c1-21(2)16-23(22-10-7-6-8-11-22)17-31-28(36)26-12-9-13-27-32-25(20-35(26)27)19-34-15-14-24(18-34)33-29(37)38-30(3,4)5/h9,12-13,20-24H,6-8,10-11,14-19H2,1-5H3,(H,31,36)(H,33,37)/t23?,24-/m1/s1. The molecule has 4 rings (SSSR count). The molecule has 1 unspecified atom stereocenters. The lowest BCUT2D eigenvalue weighted by Gasteiger charge is -2.31. The van der Waals surface area contributed by atoms with Gasteiger partial charge in [0.05, 0.1) is 5.69 Å². The van der Waals surface area contributed by atoms with E-state index in [1.165, 1.54) is 32.1 Å². The van der Waals surface area contributed by atoms with Gasteiger partial charge >= 0.3 is 6.09 Å². The molecule has 210 valence electrons. The number of amides is 2. The molecule has 2 atom stereocenters. The first-order valence-corrected chi connectivity index (χ1v) is 14.5. The Hall–Kier alpha value is -2.61. The number of aromatic nitrogens is 2. The summed E-state index contributed by atoms with van der Waals surface area (Å²) in [4.78, 5) is 32.5. The molecule has 0 radical (unpaired) electrons. The van der Waals surface area contributed by atoms with Crippen LogP contribution < -0.4 is 10.6 Å². The van der Waals surface area contributed by atoms with Crippen LogP contribution in [0.15, 0.2) is 24.4 Å². The average Bonchev–Trinajstić information content (AvgIpc) is 3.46. The molecule has 1 saturated heterocycles. The minimum atomic E-state index is -0.506. The van der Waals surface area contributed by atoms with E-state index in [-0.39, 0.29) is 18.0 Å². The monoisotopic (exact) mass is 525 g/mol. The van der Waals surface area contributed by atoms with E-state index < -0.39 is 5.60 Å². The largest absolute Gasteiger partial charge is 0.444 e. The van der Waals surface area contributed by atoms with Crippen LogP contribution in [0.4, 0.5) is 4.79 Å². The molecule has 8 nitrogen and oxygen atoms in total. The predicted octanol–water partition coefficient (Wildman–Crippen LogP) is 5.41. The van der Waals surface area contributed by atoms with Gasteiger partial charge < -0.3 is 15.4 Å². The second kappa shape index (κ2) is 12.5. The van der Waals surface area contributed by atoms with E-state index in [1.54, 1.807) is 0 Å². The number of ether oxygens (including phenoxy) is 1. The fraction of sp³-hybridized carbons (Fsp3) is 0.700. The highest BCUT2D eigenvalue weighted by Gasteiger charge is 2.28. The Bertz CT molecular complexity index is 1080. The number of likely N-dealkylation sites (tertiary alicyclic amines) is 1. The summed E-state index contributed by atoms with van der Waals surface area (Å²) in [6.07, 6.45) is 10.2. The molecule has 0 bridgehead atoms. The van der Waals surface area contributed by atoms with Crippen molar-refractivity contribution < 1.29 is 14.3 Å². The van der Waals surface area contributed by atoms with Crippen LogP contribution in [0.3, 0.4) is 0 Å². The van der Waals surface area contributed by atoms with Gasteiger partial charge in [0.25, 0.3) is 5.91 Å². The second-order valence-electron chi connectivity index (χ2n) is 12.7. The molecule has 2 aromatic heterocycles. The second-order valence-corrected chi connectivity index (χ2v) is 12.7. The van der Waals surface area contributed by atoms with Gasteiger partial charge in [0.1, 0.15) is 16.9 Å². The number of hydrogen-bond donors (Lipinski definition) is 2. The van der Waals surface area contributed by atoms with Gasteiger partial charge in [-0.2, -0.15) is 0 Å². The lowest BCUT2D eigenvalue weighted by molar-refractivity contribution is 0.0505. The summed E-state index contributed by atoms with van der Waals surface area (Å²) in [5, 5.41) is 6.24. The normalized spacial score (nSPS) is 20.1. The first-order chi connectivity index (χ1) is 18.1. The van der Waals surface area contributed by atoms with E-state index in [2.05, 4.69) is 29.4 Å². The third kappa shape index (κ3) is 7.95. The van der Waals surface area contributed by atoms with E-state index in [4.69, 9.17) is 9.72 Å². The first-order valence-electron chi connectivity index (χ1n) is 14.5. The van der Waals surface area contributed by atoms with Crippen molar-refractivity contribution >= 4 is 17.6 Å². The molecular weight excluding hydrogens is 478 g/mol. The molecule has 1 aliphatic carbocycles. The van der Waals surface area contributed by atoms with Gasteiger partial charge in [-0.15, -0.1) is 0 Å². The number of nitrogens with one attached hydrogen (secondary N) is 2. The Morgan fingerprint density at radius 3 is 2.61 bits per heavy atom. The fourth-order valence-corrected chi connectivity index (χ4v) is 6.09. The topological polar surface area (TPSA) is 88.0 Å². The molecule has 2 aliphatic rings. The quantitative estimate of drug-likeness (QED) is 0.457. The Kier molecular flexibility index (Phi) is 9.34. The van der Waals surface area contributed by atoms with Crippen LogP contribution in [0, 0.1) is 17.8 Å². The van der Waals surface area contributed by atoms with E-state index in [0.717, 1.165) is 49.7 Å². The summed E-state index contributed by atoms with van der Waals surface area (Å²) in [5.41, 5.74) is 1.82. The maximum atomic E-state index is 13.3. The zero-order chi connectivity index (χ0) is 27.3. The van der Waals surface area contributed by atoms with Crippen molar-refractivity contribution in [3.8, 4) is 0 Å². The summed E-state index contributed by atoms with van der Waals surface area (Å²) >= 11 is 0. The number of imidazole rings is 1. The third-order valence-corrected chi connectivity index (χ3v) is 7.77. The minimum Gasteiger partial charge on any atom is -0.444 e. The van der Waals surface area contributed by atoms with E-state index in [0.29, 0.717) is 24.1 Å². The van der Waals surface area contributed by atoms with Gasteiger partial charge in [0.2, 0.25) is 0 Å². The van der Waals surface area contributed by atoms with E-state index in [9.17, 15) is 9.59 Å². The molecule has 1 aliphatic heterocycles. The number of nitrogens with zero attached hydrogens (tertiary/aromatic N) is 3. The summed E-state index contributed by atoms with van der Waals surface area (Å²) in [6.45, 7) is 13.2. The van der Waals surface area contributed by atoms with Crippen molar-refractivity contribution in [1.82, 2.24) is 24.9 Å². The number of rotatable bonds is 9. The van der Waals surface area contributed by atoms with Crippen LogP contribution in [0.1, 0.15) is 95.7 Å². The summed E-state index contributed by atoms with van der Waals surface area (Å²) in [7, 11) is 0. The molecule has 2 N–H and O–H groups in total. The first kappa shape index (κ1) is 28.4. The fourth-order valence-electron chi connectivity index (χ4n) is 6.09. The van der Waals surface area contributed by atoms with Crippen molar-refractivity contribution in [2.45, 2.75) is 97.8 Å². The zero-order valence-corrected chi connectivity index (χ0v) is 24.0. The van der Waals surface area contributed by atoms with Gasteiger partial charge in [0.15, 0.2) is 0 Å². The zero-order valence-electron chi connectivity index (χ0n) is 24.0. The van der Waals surface area contributed by atoms with Gasteiger partial charge in [0, 0.05) is 38.4 Å². The molecule has 0 spiro atoms. The lowest BCUT2D eigenvalue weighted by atomic mass is 9.76. The number of alkyl carbamates (subject to hydrolysis) is 1. The SMILES string of the molecule is CC(C)CC(CNC(=O)c1cccc2nc(CN3CC[C@@H](NC(=O)OC(C)(C)C)C3)cn12)C1CCCCC1. The smallest absolute Gasteiger partial charge is 0.407 e. The Labute approximate surface area is 227 Å². The third-order valence-electron chi connectivity index (χ3n) is 7.77. The molecule has 3 heterocycles. The highest BCUT2D eigenvalue weighted by atomic mass is 16.6. The lowest BCUT2D eigenvalue weighted by Crippen LogP contribution is -2.40. The molecule has 1 saturated carbocycles. The average molecular weight is 526 g/mol. The maximum absolute atomic E-state index is 13.3. The summed E-state index contributed by atoms with van der Waals surface area (Å²) in [5.74, 6) is 1.85. The Balaban J connectivity index is 1.36. The minimum absolute atomic E-state index is 0.0353. The molecule has 8 heteroatoms. The molecular formula is C30H47N5O3. The van der Waals surface area contributed by atoms with Crippen LogP contribution >= 0.6 is 0 Å². The van der Waals surface area contributed by atoms with Gasteiger partial charge in [-0.05, 0) is 63.5 Å². The number of fused-ring (bicyclic) bond motifs is 1. The predicted molar refractivity (Wildman–Crippen MR) is 150 cm³/mol. The Morgan fingerprint density at radius 1 is 1.13 bits per heavy atom. The van der Waals surface area contributed by atoms with E-state index >= 15 is 0 Å². The Morgan fingerprint density at radius 2 is 1.89 bits per heavy atom. The number of pyridine rings is 1. The van der Waals surface area contributed by atoms with Crippen LogP contribution in [0.5, 0.6) is 0 Å². The van der Waals surface area contributed by atoms with Crippen LogP contribution in [-0.2, 0) is 11.3 Å². The molecule has 2 fully saturated rings. The highest BCUT2D eigenvalue weighted by Crippen LogP contribution is 2.33. The summed E-state index contributed by atoms with van der Waals surface area (Å²) in [6, 6.07) is 5.79. The molecule has 0 aromatic carbocycles.